The third kappa shape index (κ3) is 0.632. The molecule has 4 heteroatoms. The monoisotopic (exact) mass is 135 g/mol. The zero-order valence-electron chi connectivity index (χ0n) is 5.11. The number of pyridine rings is 1. The van der Waals surface area contributed by atoms with E-state index in [1.165, 1.54) is 6.34 Å². The van der Waals surface area contributed by atoms with Crippen LogP contribution in [-0.4, -0.2) is 11.3 Å². The number of aromatic nitrogens is 1. The highest BCUT2D eigenvalue weighted by molar-refractivity contribution is 5.68. The van der Waals surface area contributed by atoms with Gasteiger partial charge in [0, 0.05) is 12.3 Å². The summed E-state index contributed by atoms with van der Waals surface area (Å²) in [6, 6.07) is 3.45. The molecular formula is C6H5N3O. The van der Waals surface area contributed by atoms with Crippen LogP contribution in [0.4, 0.5) is 11.5 Å². The Morgan fingerprint density at radius 1 is 1.50 bits per heavy atom. The maximum absolute atomic E-state index is 10.9. The van der Waals surface area contributed by atoms with Crippen molar-refractivity contribution < 1.29 is 5.06 Å². The third-order valence-electron chi connectivity index (χ3n) is 1.36. The zero-order valence-corrected chi connectivity index (χ0v) is 5.11. The molecule has 2 rings (SSSR count). The molecule has 1 atom stereocenters. The van der Waals surface area contributed by atoms with Crippen LogP contribution in [0.2, 0.25) is 0 Å². The van der Waals surface area contributed by atoms with E-state index in [9.17, 15) is 5.21 Å². The molecule has 0 amide bonds. The van der Waals surface area contributed by atoms with Crippen LogP contribution >= 0.6 is 0 Å². The summed E-state index contributed by atoms with van der Waals surface area (Å²) in [4.78, 5) is 7.69. The lowest BCUT2D eigenvalue weighted by Gasteiger charge is -2.09. The predicted octanol–water partition coefficient (Wildman–Crippen LogP) is -0.231. The van der Waals surface area contributed by atoms with E-state index in [2.05, 4.69) is 9.98 Å². The molecule has 0 spiro atoms. The van der Waals surface area contributed by atoms with Gasteiger partial charge in [-0.3, -0.25) is 5.06 Å². The maximum Gasteiger partial charge on any atom is 0.219 e. The summed E-state index contributed by atoms with van der Waals surface area (Å²) in [6.07, 6.45) is 2.91. The highest BCUT2D eigenvalue weighted by Gasteiger charge is 2.13. The molecule has 1 aromatic rings. The Kier molecular flexibility index (Phi) is 1.03. The average Bonchev–Trinajstić information content (AvgIpc) is 2.34. The molecule has 1 aliphatic heterocycles. The number of nitrogens with zero attached hydrogens (tertiary/aromatic N) is 2. The number of rotatable bonds is 0. The molecule has 1 N–H and O–H groups in total. The summed E-state index contributed by atoms with van der Waals surface area (Å²) in [5.41, 5.74) is 0.600. The quantitative estimate of drug-likeness (QED) is 0.499. The number of hydrogen-bond donors (Lipinski definition) is 1. The van der Waals surface area contributed by atoms with E-state index >= 15 is 0 Å². The van der Waals surface area contributed by atoms with Crippen LogP contribution in [0.15, 0.2) is 23.3 Å². The van der Waals surface area contributed by atoms with Crippen LogP contribution in [-0.2, 0) is 0 Å². The first-order valence-corrected chi connectivity index (χ1v) is 2.91. The lowest BCUT2D eigenvalue weighted by molar-refractivity contribution is -0.655. The van der Waals surface area contributed by atoms with E-state index in [0.717, 1.165) is 0 Å². The van der Waals surface area contributed by atoms with Gasteiger partial charge in [0.1, 0.15) is 0 Å². The van der Waals surface area contributed by atoms with Crippen LogP contribution < -0.4 is 5.06 Å². The fourth-order valence-corrected chi connectivity index (χ4v) is 0.881. The normalized spacial score (nSPS) is 21.1. The largest absolute Gasteiger partial charge is 0.623 e. The Balaban J connectivity index is 2.59. The second-order valence-electron chi connectivity index (χ2n) is 2.00. The van der Waals surface area contributed by atoms with Gasteiger partial charge in [-0.2, -0.15) is 4.99 Å². The van der Waals surface area contributed by atoms with Gasteiger partial charge in [0.05, 0.1) is 0 Å². The van der Waals surface area contributed by atoms with Gasteiger partial charge >= 0.3 is 0 Å². The SMILES string of the molecule is [O-][NH+]1C=Nc2ncccc21. The van der Waals surface area contributed by atoms with Gasteiger partial charge < -0.3 is 5.21 Å². The van der Waals surface area contributed by atoms with Crippen molar-refractivity contribution in [3.63, 3.8) is 0 Å². The van der Waals surface area contributed by atoms with Crippen molar-refractivity contribution in [3.05, 3.63) is 23.5 Å². The van der Waals surface area contributed by atoms with Gasteiger partial charge in [-0.1, -0.05) is 0 Å². The van der Waals surface area contributed by atoms with Crippen molar-refractivity contribution in [2.45, 2.75) is 0 Å². The molecule has 0 saturated heterocycles. The average molecular weight is 135 g/mol. The smallest absolute Gasteiger partial charge is 0.219 e. The molecule has 4 nitrogen and oxygen atoms in total. The van der Waals surface area contributed by atoms with Crippen LogP contribution in [0.1, 0.15) is 0 Å². The Morgan fingerprint density at radius 2 is 2.40 bits per heavy atom. The summed E-state index contributed by atoms with van der Waals surface area (Å²) in [5.74, 6) is 0.535. The number of fused-ring (bicyclic) bond motifs is 1. The molecule has 1 aliphatic rings. The molecule has 1 unspecified atom stereocenters. The van der Waals surface area contributed by atoms with Crippen LogP contribution in [0.3, 0.4) is 0 Å². The van der Waals surface area contributed by atoms with Crippen molar-refractivity contribution in [1.29, 1.82) is 0 Å². The fourth-order valence-electron chi connectivity index (χ4n) is 0.881. The maximum atomic E-state index is 10.9. The second-order valence-corrected chi connectivity index (χ2v) is 2.00. The first-order valence-electron chi connectivity index (χ1n) is 2.91. The highest BCUT2D eigenvalue weighted by Crippen LogP contribution is 2.18. The van der Waals surface area contributed by atoms with Gasteiger partial charge in [-0.05, 0) is 6.07 Å². The second kappa shape index (κ2) is 1.86. The minimum atomic E-state index is -0.0527. The molecule has 50 valence electrons. The summed E-state index contributed by atoms with van der Waals surface area (Å²) >= 11 is 0. The van der Waals surface area contributed by atoms with Gasteiger partial charge in [0.25, 0.3) is 0 Å². The van der Waals surface area contributed by atoms with Gasteiger partial charge in [-0.25, -0.2) is 4.98 Å². The Labute approximate surface area is 57.4 Å². The molecule has 0 saturated carbocycles. The standard InChI is InChI=1S/C6H5N3O/c10-9-4-8-6-5(9)2-1-3-7-6/h1-4,9H. The lowest BCUT2D eigenvalue weighted by atomic mass is 10.4. The van der Waals surface area contributed by atoms with Crippen molar-refractivity contribution in [2.75, 3.05) is 0 Å². The molecule has 1 aromatic heterocycles. The number of hydrogen-bond acceptors (Lipinski definition) is 3. The number of nitrogens with one attached hydrogen (secondary N) is 1. The molecule has 10 heavy (non-hydrogen) atoms. The molecule has 0 fully saturated rings. The summed E-state index contributed by atoms with van der Waals surface area (Å²) < 4.78 is 0. The third-order valence-corrected chi connectivity index (χ3v) is 1.36. The van der Waals surface area contributed by atoms with Crippen molar-refractivity contribution in [2.24, 2.45) is 4.99 Å². The van der Waals surface area contributed by atoms with Crippen LogP contribution in [0.25, 0.3) is 0 Å². The topological polar surface area (TPSA) is 52.8 Å². The molecule has 0 bridgehead atoms. The molecule has 2 heterocycles. The minimum Gasteiger partial charge on any atom is -0.623 e. The number of hydroxylamine groups is 1. The van der Waals surface area contributed by atoms with E-state index in [4.69, 9.17) is 0 Å². The lowest BCUT2D eigenvalue weighted by Crippen LogP contribution is -2.99. The van der Waals surface area contributed by atoms with Crippen molar-refractivity contribution in [3.8, 4) is 0 Å². The van der Waals surface area contributed by atoms with E-state index < -0.39 is 0 Å². The Morgan fingerprint density at radius 3 is 3.20 bits per heavy atom. The molecular weight excluding hydrogens is 130 g/mol. The van der Waals surface area contributed by atoms with Gasteiger partial charge in [0.2, 0.25) is 5.82 Å². The van der Waals surface area contributed by atoms with E-state index in [-0.39, 0.29) is 5.06 Å². The molecule has 0 aliphatic carbocycles. The zero-order chi connectivity index (χ0) is 6.97. The van der Waals surface area contributed by atoms with Crippen molar-refractivity contribution >= 4 is 17.8 Å². The molecule has 0 aromatic carbocycles. The first-order chi connectivity index (χ1) is 4.88. The Hall–Kier alpha value is -1.26. The number of quaternary nitrogens is 1. The summed E-state index contributed by atoms with van der Waals surface area (Å²) in [7, 11) is 0. The summed E-state index contributed by atoms with van der Waals surface area (Å²) in [6.45, 7) is 0. The van der Waals surface area contributed by atoms with E-state index in [1.54, 1.807) is 18.3 Å². The van der Waals surface area contributed by atoms with E-state index in [0.29, 0.717) is 11.5 Å². The summed E-state index contributed by atoms with van der Waals surface area (Å²) in [5, 5.41) is 10.8. The van der Waals surface area contributed by atoms with Gasteiger partial charge in [-0.15, -0.1) is 0 Å². The predicted molar refractivity (Wildman–Crippen MR) is 36.4 cm³/mol. The fraction of sp³-hybridized carbons (Fsp3) is 0. The van der Waals surface area contributed by atoms with Crippen molar-refractivity contribution in [1.82, 2.24) is 4.98 Å². The van der Waals surface area contributed by atoms with Crippen LogP contribution in [0, 0.1) is 5.21 Å². The van der Waals surface area contributed by atoms with Crippen LogP contribution in [0.5, 0.6) is 0 Å². The van der Waals surface area contributed by atoms with Gasteiger partial charge in [0.15, 0.2) is 12.0 Å². The van der Waals surface area contributed by atoms with E-state index in [1.807, 2.05) is 0 Å². The number of aliphatic imine (C=N–C) groups is 1. The first kappa shape index (κ1) is 5.52. The Bertz CT molecular complexity index is 284. The minimum absolute atomic E-state index is 0.0527. The highest BCUT2D eigenvalue weighted by atomic mass is 16.5. The molecule has 0 radical (unpaired) electrons.